The van der Waals surface area contributed by atoms with Crippen LogP contribution in [0.2, 0.25) is 0 Å². The number of benzene rings is 1. The van der Waals surface area contributed by atoms with Gasteiger partial charge >= 0.3 is 0 Å². The summed E-state index contributed by atoms with van der Waals surface area (Å²) in [4.78, 5) is 0. The zero-order chi connectivity index (χ0) is 13.0. The van der Waals surface area contributed by atoms with Gasteiger partial charge in [-0.2, -0.15) is 5.10 Å². The first kappa shape index (κ1) is 11.9. The Morgan fingerprint density at radius 1 is 1.26 bits per heavy atom. The van der Waals surface area contributed by atoms with E-state index in [4.69, 9.17) is 5.10 Å². The molecule has 1 spiro atoms. The first-order valence-corrected chi connectivity index (χ1v) is 7.81. The molecule has 2 heterocycles. The maximum Gasteiger partial charge on any atom is 0.123 e. The maximum absolute atomic E-state index is 13.4. The fourth-order valence-electron chi connectivity index (χ4n) is 3.16. The molecule has 98 valence electrons. The Bertz CT molecular complexity index is 658. The van der Waals surface area contributed by atoms with Crippen molar-refractivity contribution in [3.8, 4) is 11.3 Å². The number of fused-ring (bicyclic) bond motifs is 2. The van der Waals surface area contributed by atoms with Crippen molar-refractivity contribution < 1.29 is 4.39 Å². The van der Waals surface area contributed by atoms with Crippen LogP contribution in [0.1, 0.15) is 31.4 Å². The Morgan fingerprint density at radius 3 is 2.84 bits per heavy atom. The molecule has 4 rings (SSSR count). The van der Waals surface area contributed by atoms with Gasteiger partial charge in [-0.3, -0.25) is 4.68 Å². The van der Waals surface area contributed by atoms with Crippen molar-refractivity contribution in [1.29, 1.82) is 0 Å². The number of aromatic nitrogens is 2. The molecule has 0 saturated heterocycles. The normalized spacial score (nSPS) is 19.5. The summed E-state index contributed by atoms with van der Waals surface area (Å²) in [5.74, 6) is -0.194. The monoisotopic (exact) mass is 368 g/mol. The average Bonchev–Trinajstić information content (AvgIpc) is 3.08. The molecule has 2 aromatic rings. The highest BCUT2D eigenvalue weighted by molar-refractivity contribution is 14.1. The third-order valence-corrected chi connectivity index (χ3v) is 5.48. The van der Waals surface area contributed by atoms with Crippen molar-refractivity contribution in [2.75, 3.05) is 0 Å². The van der Waals surface area contributed by atoms with E-state index < -0.39 is 0 Å². The zero-order valence-electron chi connectivity index (χ0n) is 10.5. The van der Waals surface area contributed by atoms with Crippen molar-refractivity contribution in [2.24, 2.45) is 0 Å². The molecule has 1 aliphatic heterocycles. The second-order valence-electron chi connectivity index (χ2n) is 5.61. The van der Waals surface area contributed by atoms with Crippen LogP contribution in [-0.2, 0) is 12.0 Å². The van der Waals surface area contributed by atoms with E-state index in [0.717, 1.165) is 17.7 Å². The summed E-state index contributed by atoms with van der Waals surface area (Å²) >= 11 is 2.37. The third-order valence-electron chi connectivity index (χ3n) is 4.35. The molecule has 19 heavy (non-hydrogen) atoms. The van der Waals surface area contributed by atoms with Crippen LogP contribution in [0.4, 0.5) is 4.39 Å². The lowest BCUT2D eigenvalue weighted by atomic mass is 10.0. The van der Waals surface area contributed by atoms with Crippen LogP contribution >= 0.6 is 22.6 Å². The highest BCUT2D eigenvalue weighted by Gasteiger charge is 2.48. The lowest BCUT2D eigenvalue weighted by Gasteiger charge is -2.24. The highest BCUT2D eigenvalue weighted by Crippen LogP contribution is 2.51. The molecule has 0 amide bonds. The molecular formula is C15H14FIN2. The minimum Gasteiger partial charge on any atom is -0.262 e. The van der Waals surface area contributed by atoms with Gasteiger partial charge in [-0.25, -0.2) is 4.39 Å². The van der Waals surface area contributed by atoms with Gasteiger partial charge in [-0.15, -0.1) is 0 Å². The Kier molecular flexibility index (Phi) is 2.53. The van der Waals surface area contributed by atoms with E-state index in [1.54, 1.807) is 12.1 Å². The van der Waals surface area contributed by atoms with E-state index in [2.05, 4.69) is 27.3 Å². The number of halogens is 2. The van der Waals surface area contributed by atoms with Crippen LogP contribution in [0, 0.1) is 9.39 Å². The minimum atomic E-state index is -0.194. The smallest absolute Gasteiger partial charge is 0.123 e. The van der Waals surface area contributed by atoms with Crippen molar-refractivity contribution in [1.82, 2.24) is 9.78 Å². The lowest BCUT2D eigenvalue weighted by Crippen LogP contribution is -2.25. The first-order chi connectivity index (χ1) is 9.20. The molecule has 4 heteroatoms. The molecule has 1 aromatic carbocycles. The number of hydrogen-bond donors (Lipinski definition) is 0. The van der Waals surface area contributed by atoms with Gasteiger partial charge in [0.2, 0.25) is 0 Å². The van der Waals surface area contributed by atoms with E-state index in [-0.39, 0.29) is 5.82 Å². The number of hydrogen-bond acceptors (Lipinski definition) is 1. The largest absolute Gasteiger partial charge is 0.262 e. The summed E-state index contributed by atoms with van der Waals surface area (Å²) in [5.41, 5.74) is 3.49. The van der Waals surface area contributed by atoms with Gasteiger partial charge in [0.25, 0.3) is 0 Å². The van der Waals surface area contributed by atoms with Gasteiger partial charge in [0, 0.05) is 5.56 Å². The van der Waals surface area contributed by atoms with Gasteiger partial charge in [0.1, 0.15) is 11.5 Å². The quantitative estimate of drug-likeness (QED) is 0.693. The van der Waals surface area contributed by atoms with Crippen LogP contribution in [0.15, 0.2) is 24.3 Å². The fourth-order valence-corrected chi connectivity index (χ4v) is 4.08. The van der Waals surface area contributed by atoms with Crippen LogP contribution in [0.3, 0.4) is 0 Å². The SMILES string of the molecule is Fc1cccc(-c2nn3c(c2I)CCCC32CC2)c1. The molecule has 1 fully saturated rings. The molecule has 0 bridgehead atoms. The number of nitrogens with zero attached hydrogens (tertiary/aromatic N) is 2. The topological polar surface area (TPSA) is 17.8 Å². The highest BCUT2D eigenvalue weighted by atomic mass is 127. The summed E-state index contributed by atoms with van der Waals surface area (Å²) in [7, 11) is 0. The molecule has 0 atom stereocenters. The molecular weight excluding hydrogens is 354 g/mol. The van der Waals surface area contributed by atoms with E-state index in [9.17, 15) is 4.39 Å². The summed E-state index contributed by atoms with van der Waals surface area (Å²) < 4.78 is 16.8. The predicted octanol–water partition coefficient (Wildman–Crippen LogP) is 4.12. The molecule has 0 radical (unpaired) electrons. The number of rotatable bonds is 1. The molecule has 1 saturated carbocycles. The summed E-state index contributed by atoms with van der Waals surface area (Å²) in [6, 6.07) is 6.76. The van der Waals surface area contributed by atoms with E-state index in [0.29, 0.717) is 5.54 Å². The second kappa shape index (κ2) is 4.04. The summed E-state index contributed by atoms with van der Waals surface area (Å²) in [6.45, 7) is 0. The maximum atomic E-state index is 13.4. The van der Waals surface area contributed by atoms with Gasteiger partial charge in [-0.05, 0) is 66.8 Å². The van der Waals surface area contributed by atoms with Gasteiger partial charge in [-0.1, -0.05) is 12.1 Å². The molecule has 0 N–H and O–H groups in total. The van der Waals surface area contributed by atoms with Gasteiger partial charge in [0.15, 0.2) is 0 Å². The third kappa shape index (κ3) is 1.75. The van der Waals surface area contributed by atoms with Gasteiger partial charge in [0.05, 0.1) is 14.8 Å². The van der Waals surface area contributed by atoms with Crippen LogP contribution < -0.4 is 0 Å². The second-order valence-corrected chi connectivity index (χ2v) is 6.69. The van der Waals surface area contributed by atoms with E-state index in [1.165, 1.54) is 41.0 Å². The molecule has 2 nitrogen and oxygen atoms in total. The first-order valence-electron chi connectivity index (χ1n) is 6.73. The Morgan fingerprint density at radius 2 is 2.11 bits per heavy atom. The fraction of sp³-hybridized carbons (Fsp3) is 0.400. The van der Waals surface area contributed by atoms with Crippen LogP contribution in [0.5, 0.6) is 0 Å². The van der Waals surface area contributed by atoms with E-state index >= 15 is 0 Å². The Balaban J connectivity index is 1.89. The molecule has 0 unspecified atom stereocenters. The van der Waals surface area contributed by atoms with Crippen molar-refractivity contribution >= 4 is 22.6 Å². The molecule has 1 aliphatic carbocycles. The minimum absolute atomic E-state index is 0.194. The Hall–Kier alpha value is -0.910. The van der Waals surface area contributed by atoms with Crippen molar-refractivity contribution in [3.05, 3.63) is 39.3 Å². The van der Waals surface area contributed by atoms with Crippen molar-refractivity contribution in [3.63, 3.8) is 0 Å². The lowest BCUT2D eigenvalue weighted by molar-refractivity contribution is 0.343. The Labute approximate surface area is 125 Å². The predicted molar refractivity (Wildman–Crippen MR) is 80.5 cm³/mol. The average molecular weight is 368 g/mol. The van der Waals surface area contributed by atoms with Crippen LogP contribution in [0.25, 0.3) is 11.3 Å². The van der Waals surface area contributed by atoms with Crippen LogP contribution in [-0.4, -0.2) is 9.78 Å². The summed E-state index contributed by atoms with van der Waals surface area (Å²) in [5, 5.41) is 4.82. The zero-order valence-corrected chi connectivity index (χ0v) is 12.7. The van der Waals surface area contributed by atoms with E-state index in [1.807, 2.05) is 6.07 Å². The summed E-state index contributed by atoms with van der Waals surface area (Å²) in [6.07, 6.45) is 6.10. The molecule has 1 aromatic heterocycles. The van der Waals surface area contributed by atoms with Crippen molar-refractivity contribution in [2.45, 2.75) is 37.6 Å². The molecule has 2 aliphatic rings. The standard InChI is InChI=1S/C15H14FIN2/c16-11-4-1-3-10(9-11)14-13(17)12-5-2-6-15(7-8-15)19(12)18-14/h1,3-4,9H,2,5-8H2. The van der Waals surface area contributed by atoms with Gasteiger partial charge < -0.3 is 0 Å².